The number of hydrogen-bond donors (Lipinski definition) is 0. The lowest BCUT2D eigenvalue weighted by molar-refractivity contribution is 0.0827. The minimum atomic E-state index is -0.0146. The van der Waals surface area contributed by atoms with Gasteiger partial charge in [0.1, 0.15) is 0 Å². The summed E-state index contributed by atoms with van der Waals surface area (Å²) in [6, 6.07) is 9.82. The van der Waals surface area contributed by atoms with E-state index < -0.39 is 0 Å². The van der Waals surface area contributed by atoms with Gasteiger partial charge in [0.2, 0.25) is 6.79 Å². The SMILES string of the molecule is CN(C)C(=O)c1cc(Cl)cc(CCN2CCC(Cc3cc4c(cc3Br)OCO4)CC2)c1. The Kier molecular flexibility index (Phi) is 7.09. The van der Waals surface area contributed by atoms with Crippen LogP contribution in [0.4, 0.5) is 0 Å². The number of hydrogen-bond acceptors (Lipinski definition) is 4. The first-order valence-corrected chi connectivity index (χ1v) is 11.9. The second-order valence-electron chi connectivity index (χ2n) is 8.58. The number of carbonyl (C=O) groups is 1. The molecule has 1 fully saturated rings. The summed E-state index contributed by atoms with van der Waals surface area (Å²) >= 11 is 9.95. The molecular weight excluding hydrogens is 480 g/mol. The molecule has 0 saturated carbocycles. The molecule has 1 saturated heterocycles. The number of rotatable bonds is 6. The number of fused-ring (bicyclic) bond motifs is 1. The largest absolute Gasteiger partial charge is 0.454 e. The number of amides is 1. The van der Waals surface area contributed by atoms with Gasteiger partial charge in [-0.3, -0.25) is 4.79 Å². The molecule has 0 unspecified atom stereocenters. The molecule has 5 nitrogen and oxygen atoms in total. The van der Waals surface area contributed by atoms with Gasteiger partial charge in [-0.15, -0.1) is 0 Å². The van der Waals surface area contributed by atoms with Crippen LogP contribution in [0, 0.1) is 5.92 Å². The van der Waals surface area contributed by atoms with Crippen molar-refractivity contribution in [1.29, 1.82) is 0 Å². The van der Waals surface area contributed by atoms with Gasteiger partial charge < -0.3 is 19.3 Å². The first-order chi connectivity index (χ1) is 14.9. The molecule has 2 aromatic rings. The molecule has 0 atom stereocenters. The van der Waals surface area contributed by atoms with Crippen molar-refractivity contribution in [2.75, 3.05) is 40.5 Å². The summed E-state index contributed by atoms with van der Waals surface area (Å²) in [4.78, 5) is 16.4. The molecule has 2 heterocycles. The maximum absolute atomic E-state index is 12.3. The number of halogens is 2. The van der Waals surface area contributed by atoms with Crippen LogP contribution >= 0.6 is 27.5 Å². The van der Waals surface area contributed by atoms with Crippen molar-refractivity contribution in [3.05, 3.63) is 56.5 Å². The lowest BCUT2D eigenvalue weighted by Gasteiger charge is -2.32. The Morgan fingerprint density at radius 3 is 2.55 bits per heavy atom. The molecule has 0 aliphatic carbocycles. The Bertz CT molecular complexity index is 958. The fourth-order valence-electron chi connectivity index (χ4n) is 4.30. The molecule has 4 rings (SSSR count). The number of ether oxygens (including phenoxy) is 2. The number of nitrogens with zero attached hydrogens (tertiary/aromatic N) is 2. The quantitative estimate of drug-likeness (QED) is 0.550. The molecule has 31 heavy (non-hydrogen) atoms. The molecule has 0 N–H and O–H groups in total. The van der Waals surface area contributed by atoms with E-state index in [1.54, 1.807) is 25.1 Å². The monoisotopic (exact) mass is 506 g/mol. The van der Waals surface area contributed by atoms with Crippen LogP contribution in [-0.2, 0) is 12.8 Å². The third-order valence-electron chi connectivity index (χ3n) is 6.08. The van der Waals surface area contributed by atoms with Gasteiger partial charge in [-0.25, -0.2) is 0 Å². The maximum atomic E-state index is 12.3. The van der Waals surface area contributed by atoms with E-state index in [1.807, 2.05) is 18.2 Å². The Labute approximate surface area is 197 Å². The molecule has 0 bridgehead atoms. The summed E-state index contributed by atoms with van der Waals surface area (Å²) in [6.07, 6.45) is 4.31. The van der Waals surface area contributed by atoms with Gasteiger partial charge in [-0.1, -0.05) is 27.5 Å². The van der Waals surface area contributed by atoms with Gasteiger partial charge in [-0.2, -0.15) is 0 Å². The van der Waals surface area contributed by atoms with Crippen LogP contribution in [0.2, 0.25) is 5.02 Å². The molecule has 2 aliphatic heterocycles. The summed E-state index contributed by atoms with van der Waals surface area (Å²) in [5, 5.41) is 0.621. The lowest BCUT2D eigenvalue weighted by Crippen LogP contribution is -2.35. The molecule has 2 aromatic carbocycles. The molecule has 0 spiro atoms. The zero-order chi connectivity index (χ0) is 22.0. The topological polar surface area (TPSA) is 42.0 Å². The highest BCUT2D eigenvalue weighted by Crippen LogP contribution is 2.38. The van der Waals surface area contributed by atoms with Crippen molar-refractivity contribution in [3.63, 3.8) is 0 Å². The van der Waals surface area contributed by atoms with Crippen LogP contribution in [-0.4, -0.2) is 56.2 Å². The Balaban J connectivity index is 1.29. The highest BCUT2D eigenvalue weighted by Gasteiger charge is 2.22. The van der Waals surface area contributed by atoms with Crippen LogP contribution in [0.25, 0.3) is 0 Å². The molecule has 0 radical (unpaired) electrons. The summed E-state index contributed by atoms with van der Waals surface area (Å²) < 4.78 is 12.1. The van der Waals surface area contributed by atoms with Crippen molar-refractivity contribution >= 4 is 33.4 Å². The van der Waals surface area contributed by atoms with Crippen LogP contribution in [0.5, 0.6) is 11.5 Å². The molecule has 1 amide bonds. The normalized spacial score (nSPS) is 16.5. The second kappa shape index (κ2) is 9.80. The minimum absolute atomic E-state index is 0.0146. The van der Waals surface area contributed by atoms with E-state index in [0.29, 0.717) is 23.3 Å². The standard InChI is InChI=1S/C24H28BrClN2O3/c1-27(2)24(29)19-10-17(11-20(26)12-19)5-8-28-6-3-16(4-7-28)9-18-13-22-23(14-21(18)25)31-15-30-22/h10-14,16H,3-9,15H2,1-2H3. The molecule has 166 valence electrons. The van der Waals surface area contributed by atoms with E-state index in [1.165, 1.54) is 18.4 Å². The molecule has 0 aromatic heterocycles. The third kappa shape index (κ3) is 5.54. The lowest BCUT2D eigenvalue weighted by atomic mass is 9.90. The molecular formula is C24H28BrClN2O3. The smallest absolute Gasteiger partial charge is 0.253 e. The van der Waals surface area contributed by atoms with Gasteiger partial charge in [0.25, 0.3) is 5.91 Å². The minimum Gasteiger partial charge on any atom is -0.454 e. The highest BCUT2D eigenvalue weighted by molar-refractivity contribution is 9.10. The average molecular weight is 508 g/mol. The first kappa shape index (κ1) is 22.4. The van der Waals surface area contributed by atoms with E-state index in [2.05, 4.69) is 26.9 Å². The van der Waals surface area contributed by atoms with E-state index in [4.69, 9.17) is 21.1 Å². The maximum Gasteiger partial charge on any atom is 0.253 e. The zero-order valence-electron chi connectivity index (χ0n) is 18.0. The second-order valence-corrected chi connectivity index (χ2v) is 9.87. The van der Waals surface area contributed by atoms with E-state index in [-0.39, 0.29) is 5.91 Å². The van der Waals surface area contributed by atoms with E-state index >= 15 is 0 Å². The predicted molar refractivity (Wildman–Crippen MR) is 126 cm³/mol. The number of carbonyl (C=O) groups excluding carboxylic acids is 1. The van der Waals surface area contributed by atoms with Crippen molar-refractivity contribution in [2.45, 2.75) is 25.7 Å². The van der Waals surface area contributed by atoms with E-state index in [0.717, 1.165) is 54.0 Å². The fourth-order valence-corrected chi connectivity index (χ4v) is 5.05. The number of piperidine rings is 1. The van der Waals surface area contributed by atoms with Crippen LogP contribution in [0.1, 0.15) is 34.3 Å². The van der Waals surface area contributed by atoms with E-state index in [9.17, 15) is 4.79 Å². The first-order valence-electron chi connectivity index (χ1n) is 10.7. The average Bonchev–Trinajstić information content (AvgIpc) is 3.19. The Morgan fingerprint density at radius 1 is 1.13 bits per heavy atom. The zero-order valence-corrected chi connectivity index (χ0v) is 20.3. The van der Waals surface area contributed by atoms with Gasteiger partial charge in [-0.05, 0) is 86.1 Å². The summed E-state index contributed by atoms with van der Waals surface area (Å²) in [5.74, 6) is 2.33. The van der Waals surface area contributed by atoms with Crippen molar-refractivity contribution in [1.82, 2.24) is 9.80 Å². The number of likely N-dealkylation sites (tertiary alicyclic amines) is 1. The van der Waals surface area contributed by atoms with Crippen molar-refractivity contribution in [2.24, 2.45) is 5.92 Å². The van der Waals surface area contributed by atoms with Crippen LogP contribution in [0.3, 0.4) is 0 Å². The third-order valence-corrected chi connectivity index (χ3v) is 7.04. The Morgan fingerprint density at radius 2 is 1.84 bits per heavy atom. The predicted octanol–water partition coefficient (Wildman–Crippen LogP) is 5.03. The molecule has 2 aliphatic rings. The van der Waals surface area contributed by atoms with Gasteiger partial charge in [0, 0.05) is 35.7 Å². The van der Waals surface area contributed by atoms with Gasteiger partial charge in [0.15, 0.2) is 11.5 Å². The highest BCUT2D eigenvalue weighted by atomic mass is 79.9. The van der Waals surface area contributed by atoms with Crippen LogP contribution < -0.4 is 9.47 Å². The summed E-state index contributed by atoms with van der Waals surface area (Å²) in [7, 11) is 3.52. The fraction of sp³-hybridized carbons (Fsp3) is 0.458. The van der Waals surface area contributed by atoms with Crippen LogP contribution in [0.15, 0.2) is 34.8 Å². The van der Waals surface area contributed by atoms with Gasteiger partial charge in [0.05, 0.1) is 0 Å². The van der Waals surface area contributed by atoms with Crippen molar-refractivity contribution in [3.8, 4) is 11.5 Å². The van der Waals surface area contributed by atoms with Gasteiger partial charge >= 0.3 is 0 Å². The Hall–Kier alpha value is -1.76. The van der Waals surface area contributed by atoms with Crippen molar-refractivity contribution < 1.29 is 14.3 Å². The number of benzene rings is 2. The summed E-state index contributed by atoms with van der Waals surface area (Å²) in [5.41, 5.74) is 3.06. The molecule has 7 heteroatoms. The summed E-state index contributed by atoms with van der Waals surface area (Å²) in [6.45, 7) is 3.48.